The summed E-state index contributed by atoms with van der Waals surface area (Å²) < 4.78 is 72.7. The molecule has 1 aliphatic heterocycles. The first kappa shape index (κ1) is 25.4. The second kappa shape index (κ2) is 9.40. The molecule has 0 spiro atoms. The number of benzene rings is 3. The number of nitrogens with one attached hydrogen (secondary N) is 2. The molecule has 1 heterocycles. The summed E-state index contributed by atoms with van der Waals surface area (Å²) in [7, 11) is 1.30. The van der Waals surface area contributed by atoms with Gasteiger partial charge >= 0.3 is 6.18 Å². The predicted octanol–water partition coefficient (Wildman–Crippen LogP) is 5.19. The lowest BCUT2D eigenvalue weighted by Gasteiger charge is -2.20. The molecule has 0 aromatic heterocycles. The first-order chi connectivity index (χ1) is 16.9. The van der Waals surface area contributed by atoms with Crippen molar-refractivity contribution in [3.63, 3.8) is 0 Å². The summed E-state index contributed by atoms with van der Waals surface area (Å²) in [6.07, 6.45) is -4.89. The molecule has 0 radical (unpaired) electrons. The van der Waals surface area contributed by atoms with Gasteiger partial charge in [0.2, 0.25) is 0 Å². The number of methoxy groups -OCH3 is 1. The van der Waals surface area contributed by atoms with E-state index in [4.69, 9.17) is 22.1 Å². The highest BCUT2D eigenvalue weighted by atomic mass is 35.5. The third-order valence-corrected chi connectivity index (χ3v) is 5.96. The minimum atomic E-state index is -4.89. The maximum atomic E-state index is 14.0. The molecule has 1 aliphatic rings. The van der Waals surface area contributed by atoms with Gasteiger partial charge in [-0.1, -0.05) is 11.6 Å². The molecule has 1 unspecified atom stereocenters. The molecule has 0 saturated carbocycles. The van der Waals surface area contributed by atoms with Gasteiger partial charge in [-0.3, -0.25) is 9.59 Å². The lowest BCUT2D eigenvalue weighted by Crippen LogP contribution is -2.21. The average molecular weight is 526 g/mol. The van der Waals surface area contributed by atoms with Crippen LogP contribution in [-0.4, -0.2) is 18.9 Å². The van der Waals surface area contributed by atoms with Crippen LogP contribution in [0.4, 0.5) is 27.6 Å². The number of carbonyl (C=O) groups excluding carboxylic acids is 2. The Morgan fingerprint density at radius 3 is 2.50 bits per heavy atom. The molecular formula is C24H17ClF5N3O3. The van der Waals surface area contributed by atoms with E-state index in [9.17, 15) is 31.5 Å². The topological polar surface area (TPSA) is 93.4 Å². The summed E-state index contributed by atoms with van der Waals surface area (Å²) in [6.45, 7) is -0.129. The molecule has 12 heteroatoms. The number of carbonyl (C=O) groups is 2. The minimum Gasteiger partial charge on any atom is -0.496 e. The summed E-state index contributed by atoms with van der Waals surface area (Å²) in [5.74, 6) is -3.53. The van der Waals surface area contributed by atoms with Crippen LogP contribution in [0, 0.1) is 11.6 Å². The first-order valence-corrected chi connectivity index (χ1v) is 10.7. The van der Waals surface area contributed by atoms with Gasteiger partial charge in [0, 0.05) is 39.5 Å². The fraction of sp³-hybridized carbons (Fsp3) is 0.167. The van der Waals surface area contributed by atoms with Crippen molar-refractivity contribution in [3.05, 3.63) is 92.5 Å². The smallest absolute Gasteiger partial charge is 0.416 e. The Kier molecular flexibility index (Phi) is 6.63. The van der Waals surface area contributed by atoms with Crippen LogP contribution < -0.4 is 21.1 Å². The third kappa shape index (κ3) is 4.59. The summed E-state index contributed by atoms with van der Waals surface area (Å²) in [5, 5.41) is 5.19. The molecule has 0 aliphatic carbocycles. The quantitative estimate of drug-likeness (QED) is 0.400. The van der Waals surface area contributed by atoms with Crippen LogP contribution in [0.15, 0.2) is 42.5 Å². The molecule has 2 amide bonds. The van der Waals surface area contributed by atoms with E-state index in [0.29, 0.717) is 17.7 Å². The van der Waals surface area contributed by atoms with Gasteiger partial charge in [0.05, 0.1) is 24.3 Å². The Morgan fingerprint density at radius 1 is 1.14 bits per heavy atom. The Morgan fingerprint density at radius 2 is 1.86 bits per heavy atom. The van der Waals surface area contributed by atoms with Gasteiger partial charge in [-0.05, 0) is 42.5 Å². The van der Waals surface area contributed by atoms with Crippen LogP contribution in [0.3, 0.4) is 0 Å². The molecular weight excluding hydrogens is 509 g/mol. The fourth-order valence-corrected chi connectivity index (χ4v) is 4.30. The minimum absolute atomic E-state index is 0.0173. The second-order valence-electron chi connectivity index (χ2n) is 7.86. The van der Waals surface area contributed by atoms with Crippen molar-refractivity contribution in [3.8, 4) is 5.75 Å². The molecule has 0 bridgehead atoms. The molecule has 3 aromatic rings. The van der Waals surface area contributed by atoms with E-state index >= 15 is 0 Å². The highest BCUT2D eigenvalue weighted by Gasteiger charge is 2.38. The van der Waals surface area contributed by atoms with E-state index in [0.717, 1.165) is 12.1 Å². The second-order valence-corrected chi connectivity index (χ2v) is 8.27. The van der Waals surface area contributed by atoms with E-state index in [1.165, 1.54) is 19.2 Å². The fourth-order valence-electron chi connectivity index (χ4n) is 4.07. The van der Waals surface area contributed by atoms with Crippen molar-refractivity contribution in [2.24, 2.45) is 5.73 Å². The Bertz CT molecular complexity index is 1390. The van der Waals surface area contributed by atoms with E-state index < -0.39 is 46.8 Å². The van der Waals surface area contributed by atoms with E-state index in [1.807, 2.05) is 0 Å². The van der Waals surface area contributed by atoms with Crippen molar-refractivity contribution in [2.75, 3.05) is 12.4 Å². The number of halogens is 6. The number of anilines is 1. The zero-order chi connectivity index (χ0) is 26.4. The molecule has 188 valence electrons. The Balaban J connectivity index is 1.88. The SMILES string of the molecule is COc1c(CN)cc(NC(=O)c2cc(F)cc(C(F)(F)F)c2)c2c1C(=O)NC2c1cc(F)ccc1Cl. The van der Waals surface area contributed by atoms with Gasteiger partial charge in [-0.25, -0.2) is 8.78 Å². The molecule has 0 saturated heterocycles. The Hall–Kier alpha value is -3.70. The van der Waals surface area contributed by atoms with E-state index in [2.05, 4.69) is 10.6 Å². The molecule has 4 rings (SSSR count). The average Bonchev–Trinajstić information content (AvgIpc) is 3.16. The zero-order valence-electron chi connectivity index (χ0n) is 18.4. The highest BCUT2D eigenvalue weighted by molar-refractivity contribution is 6.31. The van der Waals surface area contributed by atoms with Gasteiger partial charge in [-0.15, -0.1) is 0 Å². The standard InChI is InChI=1S/C24H17ClF5N3O3/c1-36-21-11(9-31)6-17(32-22(34)10-4-12(24(28,29)30)7-14(27)5-10)18-19(21)23(35)33-20(18)15-8-13(26)2-3-16(15)25/h2-8,20H,9,31H2,1H3,(H,32,34)(H,33,35). The highest BCUT2D eigenvalue weighted by Crippen LogP contribution is 2.44. The largest absolute Gasteiger partial charge is 0.496 e. The van der Waals surface area contributed by atoms with E-state index in [1.54, 1.807) is 0 Å². The third-order valence-electron chi connectivity index (χ3n) is 5.62. The van der Waals surface area contributed by atoms with Gasteiger partial charge in [0.25, 0.3) is 11.8 Å². The number of ether oxygens (including phenoxy) is 1. The number of alkyl halides is 3. The number of rotatable bonds is 5. The van der Waals surface area contributed by atoms with Crippen LogP contribution in [0.2, 0.25) is 5.02 Å². The monoisotopic (exact) mass is 525 g/mol. The number of nitrogens with two attached hydrogens (primary N) is 1. The Labute approximate surface area is 206 Å². The van der Waals surface area contributed by atoms with Gasteiger partial charge < -0.3 is 21.1 Å². The predicted molar refractivity (Wildman–Crippen MR) is 121 cm³/mol. The van der Waals surface area contributed by atoms with Crippen LogP contribution in [0.1, 0.15) is 49.0 Å². The number of amides is 2. The first-order valence-electron chi connectivity index (χ1n) is 10.3. The maximum absolute atomic E-state index is 14.0. The van der Waals surface area contributed by atoms with E-state index in [-0.39, 0.29) is 45.8 Å². The number of hydrogen-bond donors (Lipinski definition) is 3. The summed E-state index contributed by atoms with van der Waals surface area (Å²) in [6, 6.07) is 5.22. The number of hydrogen-bond acceptors (Lipinski definition) is 4. The van der Waals surface area contributed by atoms with Crippen LogP contribution >= 0.6 is 11.6 Å². The zero-order valence-corrected chi connectivity index (χ0v) is 19.2. The van der Waals surface area contributed by atoms with Crippen molar-refractivity contribution >= 4 is 29.1 Å². The number of fused-ring (bicyclic) bond motifs is 1. The van der Waals surface area contributed by atoms with Crippen LogP contribution in [0.25, 0.3) is 0 Å². The summed E-state index contributed by atoms with van der Waals surface area (Å²) in [4.78, 5) is 25.9. The molecule has 0 fully saturated rings. The summed E-state index contributed by atoms with van der Waals surface area (Å²) in [5.41, 5.74) is 4.36. The molecule has 6 nitrogen and oxygen atoms in total. The lowest BCUT2D eigenvalue weighted by atomic mass is 9.93. The van der Waals surface area contributed by atoms with Crippen LogP contribution in [0.5, 0.6) is 5.75 Å². The van der Waals surface area contributed by atoms with Crippen molar-refractivity contribution < 1.29 is 36.3 Å². The summed E-state index contributed by atoms with van der Waals surface area (Å²) >= 11 is 6.25. The van der Waals surface area contributed by atoms with Crippen molar-refractivity contribution in [1.82, 2.24) is 5.32 Å². The van der Waals surface area contributed by atoms with Gasteiger partial charge in [0.1, 0.15) is 17.4 Å². The van der Waals surface area contributed by atoms with Crippen molar-refractivity contribution in [1.29, 1.82) is 0 Å². The maximum Gasteiger partial charge on any atom is 0.416 e. The molecule has 4 N–H and O–H groups in total. The molecule has 1 atom stereocenters. The molecule has 3 aromatic carbocycles. The lowest BCUT2D eigenvalue weighted by molar-refractivity contribution is -0.137. The van der Waals surface area contributed by atoms with Crippen LogP contribution in [-0.2, 0) is 12.7 Å². The van der Waals surface area contributed by atoms with Crippen molar-refractivity contribution in [2.45, 2.75) is 18.8 Å². The van der Waals surface area contributed by atoms with Gasteiger partial charge in [-0.2, -0.15) is 13.2 Å². The normalized spacial score (nSPS) is 14.9. The molecule has 36 heavy (non-hydrogen) atoms. The van der Waals surface area contributed by atoms with Gasteiger partial charge in [0.15, 0.2) is 0 Å².